The first-order chi connectivity index (χ1) is 13.4. The Morgan fingerprint density at radius 3 is 2.75 bits per heavy atom. The molecule has 1 fully saturated rings. The van der Waals surface area contributed by atoms with E-state index in [9.17, 15) is 9.59 Å². The van der Waals surface area contributed by atoms with Gasteiger partial charge in [-0.15, -0.1) is 5.10 Å². The van der Waals surface area contributed by atoms with Crippen molar-refractivity contribution in [2.24, 2.45) is 0 Å². The van der Waals surface area contributed by atoms with Crippen LogP contribution in [-0.2, 0) is 11.3 Å². The molecule has 3 N–H and O–H groups in total. The highest BCUT2D eigenvalue weighted by Gasteiger charge is 2.21. The number of nitrogens with two attached hydrogens (primary N) is 1. The summed E-state index contributed by atoms with van der Waals surface area (Å²) in [6.45, 7) is 4.30. The molecule has 10 heteroatoms. The van der Waals surface area contributed by atoms with E-state index in [0.717, 1.165) is 25.9 Å². The van der Waals surface area contributed by atoms with E-state index < -0.39 is 5.76 Å². The highest BCUT2D eigenvalue weighted by molar-refractivity contribution is 6.33. The number of amides is 1. The Labute approximate surface area is 167 Å². The molecule has 0 spiro atoms. The molecule has 0 saturated carbocycles. The minimum Gasteiger partial charge on any atom is -0.496 e. The molecule has 0 bridgehead atoms. The molecule has 1 aliphatic heterocycles. The Kier molecular flexibility index (Phi) is 6.25. The van der Waals surface area contributed by atoms with E-state index in [1.54, 1.807) is 12.1 Å². The van der Waals surface area contributed by atoms with Crippen LogP contribution in [-0.4, -0.2) is 53.4 Å². The van der Waals surface area contributed by atoms with Gasteiger partial charge in [-0.25, -0.2) is 4.79 Å². The second-order valence-electron chi connectivity index (χ2n) is 6.79. The zero-order chi connectivity index (χ0) is 20.3. The van der Waals surface area contributed by atoms with Crippen LogP contribution in [0.2, 0.25) is 5.02 Å². The molecule has 28 heavy (non-hydrogen) atoms. The zero-order valence-corrected chi connectivity index (χ0v) is 16.7. The van der Waals surface area contributed by atoms with Crippen molar-refractivity contribution < 1.29 is 13.9 Å². The fourth-order valence-corrected chi connectivity index (χ4v) is 3.45. The quantitative estimate of drug-likeness (QED) is 0.691. The predicted octanol–water partition coefficient (Wildman–Crippen LogP) is 1.35. The number of carbonyl (C=O) groups excluding carboxylic acids is 1. The van der Waals surface area contributed by atoms with E-state index in [4.69, 9.17) is 26.5 Å². The number of methoxy groups -OCH3 is 1. The minimum absolute atomic E-state index is 0.00155. The monoisotopic (exact) mass is 409 g/mol. The second-order valence-corrected chi connectivity index (χ2v) is 7.19. The Hall–Kier alpha value is -2.52. The number of carbonyl (C=O) groups is 1. The summed E-state index contributed by atoms with van der Waals surface area (Å²) in [6.07, 6.45) is 1.78. The van der Waals surface area contributed by atoms with Crippen molar-refractivity contribution in [3.05, 3.63) is 27.7 Å². The Balaban J connectivity index is 1.65. The van der Waals surface area contributed by atoms with Gasteiger partial charge in [-0.1, -0.05) is 11.6 Å². The fourth-order valence-electron chi connectivity index (χ4n) is 3.29. The van der Waals surface area contributed by atoms with Gasteiger partial charge in [-0.3, -0.25) is 4.79 Å². The van der Waals surface area contributed by atoms with Crippen LogP contribution in [0.15, 0.2) is 21.3 Å². The van der Waals surface area contributed by atoms with Gasteiger partial charge in [-0.2, -0.15) is 4.68 Å². The lowest BCUT2D eigenvalue weighted by atomic mass is 10.1. The van der Waals surface area contributed by atoms with Crippen LogP contribution < -0.4 is 21.5 Å². The Bertz CT molecular complexity index is 902. The molecular weight excluding hydrogens is 386 g/mol. The van der Waals surface area contributed by atoms with E-state index in [-0.39, 0.29) is 17.8 Å². The first-order valence-electron chi connectivity index (χ1n) is 9.08. The summed E-state index contributed by atoms with van der Waals surface area (Å²) < 4.78 is 11.9. The summed E-state index contributed by atoms with van der Waals surface area (Å²) in [5.41, 5.74) is 6.62. The summed E-state index contributed by atoms with van der Waals surface area (Å²) in [5.74, 6) is 0.0138. The van der Waals surface area contributed by atoms with Crippen LogP contribution in [0.1, 0.15) is 19.8 Å². The topological polar surface area (TPSA) is 116 Å². The first kappa shape index (κ1) is 20.2. The van der Waals surface area contributed by atoms with Crippen LogP contribution >= 0.6 is 11.6 Å². The van der Waals surface area contributed by atoms with Gasteiger partial charge in [0, 0.05) is 38.7 Å². The lowest BCUT2D eigenvalue weighted by molar-refractivity contribution is -0.119. The second kappa shape index (κ2) is 8.66. The third-order valence-electron chi connectivity index (χ3n) is 4.78. The van der Waals surface area contributed by atoms with Crippen molar-refractivity contribution in [3.63, 3.8) is 0 Å². The molecule has 0 unspecified atom stereocenters. The summed E-state index contributed by atoms with van der Waals surface area (Å²) in [5, 5.41) is 7.55. The fraction of sp³-hybridized carbons (Fsp3) is 0.500. The van der Waals surface area contributed by atoms with Crippen LogP contribution in [0.5, 0.6) is 5.75 Å². The highest BCUT2D eigenvalue weighted by Crippen LogP contribution is 2.34. The summed E-state index contributed by atoms with van der Waals surface area (Å²) in [6, 6.07) is 3.35. The summed E-state index contributed by atoms with van der Waals surface area (Å²) >= 11 is 6.08. The number of rotatable bonds is 6. The summed E-state index contributed by atoms with van der Waals surface area (Å²) in [7, 11) is 1.49. The normalized spacial score (nSPS) is 15.5. The number of nitrogen functional groups attached to an aromatic ring is 1. The molecule has 0 atom stereocenters. The van der Waals surface area contributed by atoms with Gasteiger partial charge in [0.2, 0.25) is 5.91 Å². The molecule has 9 nitrogen and oxygen atoms in total. The predicted molar refractivity (Wildman–Crippen MR) is 105 cm³/mol. The maximum absolute atomic E-state index is 12.2. The van der Waals surface area contributed by atoms with Gasteiger partial charge in [0.1, 0.15) is 5.75 Å². The van der Waals surface area contributed by atoms with Crippen LogP contribution in [0.3, 0.4) is 0 Å². The number of nitrogens with zero attached hydrogens (tertiary/aromatic N) is 3. The number of hydrogen-bond donors (Lipinski definition) is 2. The van der Waals surface area contributed by atoms with Crippen molar-refractivity contribution >= 4 is 23.2 Å². The third kappa shape index (κ3) is 4.66. The number of piperidine rings is 1. The molecule has 1 aliphatic rings. The van der Waals surface area contributed by atoms with E-state index in [0.29, 0.717) is 35.1 Å². The van der Waals surface area contributed by atoms with Crippen molar-refractivity contribution in [3.8, 4) is 17.2 Å². The standard InChI is InChI=1S/C18H24ClN5O4/c1-11(25)21-12-3-5-23(6-4-12)7-8-24-18(26)28-17(22-24)13-9-14(19)15(20)10-16(13)27-2/h9-10,12H,3-8,20H2,1-2H3,(H,21,25). The molecule has 1 saturated heterocycles. The largest absolute Gasteiger partial charge is 0.496 e. The van der Waals surface area contributed by atoms with Gasteiger partial charge >= 0.3 is 5.76 Å². The van der Waals surface area contributed by atoms with Crippen molar-refractivity contribution in [1.82, 2.24) is 20.0 Å². The van der Waals surface area contributed by atoms with Crippen molar-refractivity contribution in [2.45, 2.75) is 32.4 Å². The van der Waals surface area contributed by atoms with Crippen LogP contribution in [0.25, 0.3) is 11.5 Å². The number of aromatic nitrogens is 2. The molecule has 0 radical (unpaired) electrons. The summed E-state index contributed by atoms with van der Waals surface area (Å²) in [4.78, 5) is 25.6. The highest BCUT2D eigenvalue weighted by atomic mass is 35.5. The van der Waals surface area contributed by atoms with Crippen molar-refractivity contribution in [1.29, 1.82) is 0 Å². The number of anilines is 1. The number of ether oxygens (including phenoxy) is 1. The van der Waals surface area contributed by atoms with Gasteiger partial charge in [0.15, 0.2) is 0 Å². The average molecular weight is 410 g/mol. The molecule has 2 heterocycles. The number of halogens is 1. The molecule has 2 aromatic rings. The molecule has 3 rings (SSSR count). The Morgan fingerprint density at radius 2 is 2.11 bits per heavy atom. The lowest BCUT2D eigenvalue weighted by Crippen LogP contribution is -2.45. The average Bonchev–Trinajstić information content (AvgIpc) is 3.03. The number of nitrogens with one attached hydrogen (secondary N) is 1. The molecule has 1 amide bonds. The van der Waals surface area contributed by atoms with E-state index in [1.165, 1.54) is 18.7 Å². The number of benzene rings is 1. The van der Waals surface area contributed by atoms with Crippen LogP contribution in [0, 0.1) is 0 Å². The Morgan fingerprint density at radius 1 is 1.39 bits per heavy atom. The lowest BCUT2D eigenvalue weighted by Gasteiger charge is -2.31. The smallest absolute Gasteiger partial charge is 0.437 e. The van der Waals surface area contributed by atoms with E-state index in [1.807, 2.05) is 0 Å². The first-order valence-corrected chi connectivity index (χ1v) is 9.46. The van der Waals surface area contributed by atoms with E-state index in [2.05, 4.69) is 15.3 Å². The molecule has 1 aromatic heterocycles. The van der Waals surface area contributed by atoms with Gasteiger partial charge in [0.25, 0.3) is 5.89 Å². The molecule has 1 aromatic carbocycles. The number of hydrogen-bond acceptors (Lipinski definition) is 7. The SMILES string of the molecule is COc1cc(N)c(Cl)cc1-c1nn(CCN2CCC(NC(C)=O)CC2)c(=O)o1. The molecule has 152 valence electrons. The number of likely N-dealkylation sites (tertiary alicyclic amines) is 1. The maximum atomic E-state index is 12.2. The van der Waals surface area contributed by atoms with Gasteiger partial charge < -0.3 is 25.1 Å². The van der Waals surface area contributed by atoms with Gasteiger partial charge in [0.05, 0.1) is 29.9 Å². The molecular formula is C18H24ClN5O4. The van der Waals surface area contributed by atoms with Crippen molar-refractivity contribution in [2.75, 3.05) is 32.5 Å². The van der Waals surface area contributed by atoms with Gasteiger partial charge in [-0.05, 0) is 18.9 Å². The van der Waals surface area contributed by atoms with E-state index >= 15 is 0 Å². The third-order valence-corrected chi connectivity index (χ3v) is 5.11. The van der Waals surface area contributed by atoms with Crippen LogP contribution in [0.4, 0.5) is 5.69 Å². The zero-order valence-electron chi connectivity index (χ0n) is 15.9. The molecule has 0 aliphatic carbocycles. The maximum Gasteiger partial charge on any atom is 0.437 e. The minimum atomic E-state index is -0.543.